The number of rotatable bonds is 3. The Morgan fingerprint density at radius 3 is 2.71 bits per heavy atom. The van der Waals surface area contributed by atoms with Crippen LogP contribution in [0.4, 0.5) is 4.39 Å². The van der Waals surface area contributed by atoms with E-state index in [9.17, 15) is 4.39 Å². The number of hydrogen-bond acceptors (Lipinski definition) is 2. The van der Waals surface area contributed by atoms with Crippen LogP contribution in [0.2, 0.25) is 0 Å². The second-order valence-electron chi connectivity index (χ2n) is 3.96. The number of aliphatic hydroxyl groups excluding tert-OH is 1. The molecule has 0 aliphatic heterocycles. The minimum atomic E-state index is -0.274. The zero-order chi connectivity index (χ0) is 10.2. The number of benzene rings is 1. The predicted octanol–water partition coefficient (Wildman–Crippen LogP) is 1.18. The van der Waals surface area contributed by atoms with E-state index in [1.54, 1.807) is 6.07 Å². The molecule has 3 N–H and O–H groups in total. The molecule has 2 nitrogen and oxygen atoms in total. The minimum Gasteiger partial charge on any atom is -0.395 e. The molecule has 0 radical (unpaired) electrons. The van der Waals surface area contributed by atoms with Gasteiger partial charge in [0, 0.05) is 11.5 Å². The lowest BCUT2D eigenvalue weighted by molar-refractivity contribution is 0.242. The first kappa shape index (κ1) is 9.62. The topological polar surface area (TPSA) is 46.2 Å². The average molecular weight is 195 g/mol. The van der Waals surface area contributed by atoms with Gasteiger partial charge in [0.2, 0.25) is 0 Å². The van der Waals surface area contributed by atoms with Gasteiger partial charge in [-0.15, -0.1) is 0 Å². The molecule has 2 rings (SSSR count). The van der Waals surface area contributed by atoms with Crippen LogP contribution >= 0.6 is 0 Å². The molecule has 1 aliphatic rings. The van der Waals surface area contributed by atoms with E-state index in [0.29, 0.717) is 0 Å². The van der Waals surface area contributed by atoms with E-state index in [0.717, 1.165) is 18.4 Å². The van der Waals surface area contributed by atoms with Gasteiger partial charge in [-0.3, -0.25) is 0 Å². The molecule has 1 atom stereocenters. The van der Waals surface area contributed by atoms with Gasteiger partial charge in [0.25, 0.3) is 0 Å². The second kappa shape index (κ2) is 3.33. The average Bonchev–Trinajstić information content (AvgIpc) is 2.97. The van der Waals surface area contributed by atoms with Crippen molar-refractivity contribution in [2.45, 2.75) is 24.3 Å². The molecular weight excluding hydrogens is 181 g/mol. The monoisotopic (exact) mass is 195 g/mol. The Kier molecular flexibility index (Phi) is 2.29. The molecule has 0 amide bonds. The van der Waals surface area contributed by atoms with Crippen LogP contribution in [0.3, 0.4) is 0 Å². The molecule has 76 valence electrons. The third kappa shape index (κ3) is 1.42. The van der Waals surface area contributed by atoms with Crippen molar-refractivity contribution in [1.82, 2.24) is 0 Å². The van der Waals surface area contributed by atoms with Crippen molar-refractivity contribution in [3.63, 3.8) is 0 Å². The van der Waals surface area contributed by atoms with E-state index in [1.807, 2.05) is 6.07 Å². The smallest absolute Gasteiger partial charge is 0.123 e. The van der Waals surface area contributed by atoms with Gasteiger partial charge >= 0.3 is 0 Å². The van der Waals surface area contributed by atoms with Crippen molar-refractivity contribution in [2.75, 3.05) is 6.61 Å². The van der Waals surface area contributed by atoms with Crippen LogP contribution in [0.1, 0.15) is 18.4 Å². The van der Waals surface area contributed by atoms with Gasteiger partial charge in [-0.2, -0.15) is 0 Å². The quantitative estimate of drug-likeness (QED) is 0.760. The molecule has 1 aliphatic carbocycles. The van der Waals surface area contributed by atoms with Crippen molar-refractivity contribution >= 4 is 0 Å². The molecule has 1 unspecified atom stereocenters. The Morgan fingerprint density at radius 1 is 1.50 bits per heavy atom. The van der Waals surface area contributed by atoms with Gasteiger partial charge in [0.05, 0.1) is 6.61 Å². The van der Waals surface area contributed by atoms with Crippen LogP contribution in [0, 0.1) is 5.82 Å². The standard InChI is InChI=1S/C11H14FNO/c12-9-3-1-2-8(6-9)11(4-5-11)10(13)7-14/h1-3,6,10,14H,4-5,7,13H2. The molecule has 14 heavy (non-hydrogen) atoms. The van der Waals surface area contributed by atoms with Gasteiger partial charge in [-0.25, -0.2) is 4.39 Å². The van der Waals surface area contributed by atoms with Crippen LogP contribution in [-0.2, 0) is 5.41 Å². The number of halogens is 1. The van der Waals surface area contributed by atoms with Crippen molar-refractivity contribution in [3.05, 3.63) is 35.6 Å². The van der Waals surface area contributed by atoms with Crippen molar-refractivity contribution in [2.24, 2.45) is 5.73 Å². The summed E-state index contributed by atoms with van der Waals surface area (Å²) in [6.07, 6.45) is 1.89. The summed E-state index contributed by atoms with van der Waals surface area (Å²) in [5, 5.41) is 9.02. The first-order valence-electron chi connectivity index (χ1n) is 4.81. The van der Waals surface area contributed by atoms with Crippen molar-refractivity contribution in [1.29, 1.82) is 0 Å². The molecule has 1 saturated carbocycles. The lowest BCUT2D eigenvalue weighted by atomic mass is 9.89. The Morgan fingerprint density at radius 2 is 2.21 bits per heavy atom. The molecular formula is C11H14FNO. The summed E-state index contributed by atoms with van der Waals surface area (Å²) >= 11 is 0. The molecule has 1 aromatic rings. The highest BCUT2D eigenvalue weighted by atomic mass is 19.1. The third-order valence-electron chi connectivity index (χ3n) is 3.09. The van der Waals surface area contributed by atoms with E-state index in [4.69, 9.17) is 10.8 Å². The zero-order valence-corrected chi connectivity index (χ0v) is 7.91. The number of hydrogen-bond donors (Lipinski definition) is 2. The number of aliphatic hydroxyl groups is 1. The molecule has 0 spiro atoms. The second-order valence-corrected chi connectivity index (χ2v) is 3.96. The molecule has 0 bridgehead atoms. The largest absolute Gasteiger partial charge is 0.395 e. The molecule has 1 aromatic carbocycles. The van der Waals surface area contributed by atoms with Crippen molar-refractivity contribution < 1.29 is 9.50 Å². The molecule has 0 aromatic heterocycles. The van der Waals surface area contributed by atoms with Gasteiger partial charge in [0.1, 0.15) is 5.82 Å². The van der Waals surface area contributed by atoms with Crippen LogP contribution in [0.5, 0.6) is 0 Å². The van der Waals surface area contributed by atoms with E-state index in [2.05, 4.69) is 0 Å². The molecule has 0 saturated heterocycles. The SMILES string of the molecule is NC(CO)C1(c2cccc(F)c2)CC1. The molecule has 1 fully saturated rings. The Labute approximate surface area is 82.5 Å². The lowest BCUT2D eigenvalue weighted by Crippen LogP contribution is -2.38. The summed E-state index contributed by atoms with van der Waals surface area (Å²) < 4.78 is 13.0. The first-order chi connectivity index (χ1) is 6.69. The maximum atomic E-state index is 13.0. The summed E-state index contributed by atoms with van der Waals surface area (Å²) in [5.41, 5.74) is 6.57. The van der Waals surface area contributed by atoms with E-state index in [-0.39, 0.29) is 23.9 Å². The van der Waals surface area contributed by atoms with E-state index >= 15 is 0 Å². The Hall–Kier alpha value is -0.930. The minimum absolute atomic E-state index is 0.0451. The maximum absolute atomic E-state index is 13.0. The predicted molar refractivity (Wildman–Crippen MR) is 52.4 cm³/mol. The van der Waals surface area contributed by atoms with Crippen LogP contribution in [0.25, 0.3) is 0 Å². The first-order valence-corrected chi connectivity index (χ1v) is 4.81. The molecule has 0 heterocycles. The fraction of sp³-hybridized carbons (Fsp3) is 0.455. The highest BCUT2D eigenvalue weighted by Crippen LogP contribution is 2.50. The van der Waals surface area contributed by atoms with Crippen LogP contribution in [0.15, 0.2) is 24.3 Å². The van der Waals surface area contributed by atoms with Gasteiger partial charge in [-0.05, 0) is 30.5 Å². The number of nitrogens with two attached hydrogens (primary N) is 1. The fourth-order valence-electron chi connectivity index (χ4n) is 1.98. The van der Waals surface area contributed by atoms with Gasteiger partial charge < -0.3 is 10.8 Å². The normalized spacial score (nSPS) is 20.5. The van der Waals surface area contributed by atoms with E-state index in [1.165, 1.54) is 12.1 Å². The maximum Gasteiger partial charge on any atom is 0.123 e. The Bertz CT molecular complexity index is 336. The van der Waals surface area contributed by atoms with Crippen LogP contribution < -0.4 is 5.73 Å². The highest BCUT2D eigenvalue weighted by molar-refractivity contribution is 5.34. The highest BCUT2D eigenvalue weighted by Gasteiger charge is 2.48. The summed E-state index contributed by atoms with van der Waals surface area (Å²) in [7, 11) is 0. The summed E-state index contributed by atoms with van der Waals surface area (Å²) in [5.74, 6) is -0.237. The lowest BCUT2D eigenvalue weighted by Gasteiger charge is -2.21. The summed E-state index contributed by atoms with van der Waals surface area (Å²) in [6.45, 7) is -0.0451. The molecule has 3 heteroatoms. The fourth-order valence-corrected chi connectivity index (χ4v) is 1.98. The van der Waals surface area contributed by atoms with Crippen molar-refractivity contribution in [3.8, 4) is 0 Å². The summed E-state index contributed by atoms with van der Waals surface area (Å²) in [6, 6.07) is 6.23. The zero-order valence-electron chi connectivity index (χ0n) is 7.91. The summed E-state index contributed by atoms with van der Waals surface area (Å²) in [4.78, 5) is 0. The third-order valence-corrected chi connectivity index (χ3v) is 3.09. The Balaban J connectivity index is 2.30. The van der Waals surface area contributed by atoms with Crippen LogP contribution in [-0.4, -0.2) is 17.8 Å². The van der Waals surface area contributed by atoms with E-state index < -0.39 is 0 Å². The van der Waals surface area contributed by atoms with Gasteiger partial charge in [0.15, 0.2) is 0 Å². The van der Waals surface area contributed by atoms with Gasteiger partial charge in [-0.1, -0.05) is 12.1 Å².